The summed E-state index contributed by atoms with van der Waals surface area (Å²) in [6, 6.07) is 5.33. The van der Waals surface area contributed by atoms with Gasteiger partial charge < -0.3 is 10.4 Å². The fourth-order valence-electron chi connectivity index (χ4n) is 2.87. The van der Waals surface area contributed by atoms with Crippen LogP contribution in [0.25, 0.3) is 0 Å². The molecule has 3 heteroatoms. The molecular formula is C16H23NO2. The summed E-state index contributed by atoms with van der Waals surface area (Å²) in [6.07, 6.45) is 6.24. The zero-order valence-electron chi connectivity index (χ0n) is 11.8. The number of aromatic hydroxyl groups is 1. The third-order valence-electron chi connectivity index (χ3n) is 4.11. The summed E-state index contributed by atoms with van der Waals surface area (Å²) >= 11 is 0. The summed E-state index contributed by atoms with van der Waals surface area (Å²) in [5.74, 6) is 0.467. The number of carbonyl (C=O) groups excluding carboxylic acids is 1. The summed E-state index contributed by atoms with van der Waals surface area (Å²) in [5, 5.41) is 12.9. The molecule has 1 aliphatic rings. The standard InChI is InChI=1S/C16H23NO2/c1-11-8-9-14(15(18)10-11)16(19)17-12(2)13-6-4-3-5-7-13/h8-10,12-13,18H,3-7H2,1-2H3,(H,17,19). The van der Waals surface area contributed by atoms with E-state index in [1.807, 2.05) is 13.0 Å². The summed E-state index contributed by atoms with van der Waals surface area (Å²) in [4.78, 5) is 12.2. The number of rotatable bonds is 3. The van der Waals surface area contributed by atoms with E-state index < -0.39 is 0 Å². The Bertz CT molecular complexity index is 450. The highest BCUT2D eigenvalue weighted by molar-refractivity contribution is 5.97. The van der Waals surface area contributed by atoms with E-state index in [1.165, 1.54) is 32.1 Å². The molecule has 0 heterocycles. The number of amides is 1. The molecule has 1 unspecified atom stereocenters. The predicted octanol–water partition coefficient (Wildman–Crippen LogP) is 3.40. The number of phenols is 1. The van der Waals surface area contributed by atoms with E-state index in [0.29, 0.717) is 11.5 Å². The molecule has 0 saturated heterocycles. The van der Waals surface area contributed by atoms with Gasteiger partial charge in [0.05, 0.1) is 5.56 Å². The minimum absolute atomic E-state index is 0.0633. The van der Waals surface area contributed by atoms with Crippen molar-refractivity contribution in [2.45, 2.75) is 52.0 Å². The molecule has 1 aromatic carbocycles. The second-order valence-corrected chi connectivity index (χ2v) is 5.68. The largest absolute Gasteiger partial charge is 0.507 e. The molecule has 0 radical (unpaired) electrons. The maximum Gasteiger partial charge on any atom is 0.255 e. The summed E-state index contributed by atoms with van der Waals surface area (Å²) in [5.41, 5.74) is 1.32. The van der Waals surface area contributed by atoms with Crippen molar-refractivity contribution in [2.24, 2.45) is 5.92 Å². The minimum atomic E-state index is -0.171. The van der Waals surface area contributed by atoms with Crippen LogP contribution in [0.2, 0.25) is 0 Å². The van der Waals surface area contributed by atoms with E-state index in [-0.39, 0.29) is 17.7 Å². The van der Waals surface area contributed by atoms with Gasteiger partial charge in [-0.15, -0.1) is 0 Å². The molecule has 1 fully saturated rings. The number of hydrogen-bond acceptors (Lipinski definition) is 2. The van der Waals surface area contributed by atoms with Gasteiger partial charge in [0.2, 0.25) is 0 Å². The summed E-state index contributed by atoms with van der Waals surface area (Å²) in [6.45, 7) is 3.96. The minimum Gasteiger partial charge on any atom is -0.507 e. The van der Waals surface area contributed by atoms with Crippen molar-refractivity contribution in [2.75, 3.05) is 0 Å². The number of aryl methyl sites for hydroxylation is 1. The Morgan fingerprint density at radius 1 is 1.32 bits per heavy atom. The average molecular weight is 261 g/mol. The lowest BCUT2D eigenvalue weighted by Gasteiger charge is -2.28. The van der Waals surface area contributed by atoms with Crippen LogP contribution in [0.3, 0.4) is 0 Å². The SMILES string of the molecule is Cc1ccc(C(=O)NC(C)C2CCCCC2)c(O)c1. The van der Waals surface area contributed by atoms with Gasteiger partial charge in [0, 0.05) is 6.04 Å². The van der Waals surface area contributed by atoms with Gasteiger partial charge in [-0.3, -0.25) is 4.79 Å². The molecule has 0 aliphatic heterocycles. The van der Waals surface area contributed by atoms with E-state index in [9.17, 15) is 9.90 Å². The van der Waals surface area contributed by atoms with Gasteiger partial charge in [-0.05, 0) is 50.3 Å². The quantitative estimate of drug-likeness (QED) is 0.876. The van der Waals surface area contributed by atoms with Crippen molar-refractivity contribution < 1.29 is 9.90 Å². The van der Waals surface area contributed by atoms with Crippen LogP contribution < -0.4 is 5.32 Å². The molecule has 19 heavy (non-hydrogen) atoms. The van der Waals surface area contributed by atoms with Gasteiger partial charge in [0.25, 0.3) is 5.91 Å². The topological polar surface area (TPSA) is 49.3 Å². The highest BCUT2D eigenvalue weighted by Crippen LogP contribution is 2.27. The first kappa shape index (κ1) is 13.9. The summed E-state index contributed by atoms with van der Waals surface area (Å²) < 4.78 is 0. The maximum absolute atomic E-state index is 12.2. The molecule has 1 saturated carbocycles. The second kappa shape index (κ2) is 6.09. The van der Waals surface area contributed by atoms with Crippen LogP contribution in [0.15, 0.2) is 18.2 Å². The lowest BCUT2D eigenvalue weighted by Crippen LogP contribution is -2.38. The highest BCUT2D eigenvalue weighted by Gasteiger charge is 2.22. The molecule has 1 atom stereocenters. The molecule has 1 aliphatic carbocycles. The van der Waals surface area contributed by atoms with E-state index in [4.69, 9.17) is 0 Å². The molecule has 2 rings (SSSR count). The molecule has 3 nitrogen and oxygen atoms in total. The Morgan fingerprint density at radius 3 is 2.63 bits per heavy atom. The molecule has 0 aromatic heterocycles. The Kier molecular flexibility index (Phi) is 4.46. The Balaban J connectivity index is 1.99. The van der Waals surface area contributed by atoms with Gasteiger partial charge in [-0.1, -0.05) is 25.3 Å². The van der Waals surface area contributed by atoms with E-state index >= 15 is 0 Å². The van der Waals surface area contributed by atoms with Gasteiger partial charge in [-0.25, -0.2) is 0 Å². The van der Waals surface area contributed by atoms with Crippen LogP contribution in [-0.2, 0) is 0 Å². The highest BCUT2D eigenvalue weighted by atomic mass is 16.3. The first-order valence-electron chi connectivity index (χ1n) is 7.18. The normalized spacial score (nSPS) is 18.0. The number of benzene rings is 1. The second-order valence-electron chi connectivity index (χ2n) is 5.68. The third-order valence-corrected chi connectivity index (χ3v) is 4.11. The molecule has 0 spiro atoms. The van der Waals surface area contributed by atoms with Crippen molar-refractivity contribution in [1.82, 2.24) is 5.32 Å². The smallest absolute Gasteiger partial charge is 0.255 e. The van der Waals surface area contributed by atoms with Crippen LogP contribution >= 0.6 is 0 Å². The van der Waals surface area contributed by atoms with Crippen molar-refractivity contribution in [3.63, 3.8) is 0 Å². The number of carbonyl (C=O) groups is 1. The predicted molar refractivity (Wildman–Crippen MR) is 76.3 cm³/mol. The monoisotopic (exact) mass is 261 g/mol. The van der Waals surface area contributed by atoms with Crippen LogP contribution in [-0.4, -0.2) is 17.1 Å². The number of nitrogens with one attached hydrogen (secondary N) is 1. The van der Waals surface area contributed by atoms with Crippen molar-refractivity contribution in [3.8, 4) is 5.75 Å². The fraction of sp³-hybridized carbons (Fsp3) is 0.562. The van der Waals surface area contributed by atoms with Crippen LogP contribution in [0.4, 0.5) is 0 Å². The van der Waals surface area contributed by atoms with Crippen LogP contribution in [0.1, 0.15) is 54.9 Å². The van der Waals surface area contributed by atoms with Gasteiger partial charge in [0.15, 0.2) is 0 Å². The lowest BCUT2D eigenvalue weighted by atomic mass is 9.84. The summed E-state index contributed by atoms with van der Waals surface area (Å²) in [7, 11) is 0. The molecule has 104 valence electrons. The van der Waals surface area contributed by atoms with E-state index in [0.717, 1.165) is 5.56 Å². The lowest BCUT2D eigenvalue weighted by molar-refractivity contribution is 0.0916. The zero-order valence-corrected chi connectivity index (χ0v) is 11.8. The number of hydrogen-bond donors (Lipinski definition) is 2. The Labute approximate surface area is 115 Å². The molecular weight excluding hydrogens is 238 g/mol. The maximum atomic E-state index is 12.2. The van der Waals surface area contributed by atoms with Crippen molar-refractivity contribution in [3.05, 3.63) is 29.3 Å². The number of phenolic OH excluding ortho intramolecular Hbond substituents is 1. The van der Waals surface area contributed by atoms with Gasteiger partial charge in [-0.2, -0.15) is 0 Å². The average Bonchev–Trinajstić information content (AvgIpc) is 2.39. The van der Waals surface area contributed by atoms with Crippen LogP contribution in [0.5, 0.6) is 5.75 Å². The van der Waals surface area contributed by atoms with Crippen LogP contribution in [0, 0.1) is 12.8 Å². The van der Waals surface area contributed by atoms with E-state index in [2.05, 4.69) is 12.2 Å². The third kappa shape index (κ3) is 3.49. The zero-order chi connectivity index (χ0) is 13.8. The Hall–Kier alpha value is -1.51. The van der Waals surface area contributed by atoms with Gasteiger partial charge >= 0.3 is 0 Å². The van der Waals surface area contributed by atoms with Crippen molar-refractivity contribution in [1.29, 1.82) is 0 Å². The molecule has 1 aromatic rings. The molecule has 2 N–H and O–H groups in total. The molecule has 0 bridgehead atoms. The molecule has 1 amide bonds. The fourth-order valence-corrected chi connectivity index (χ4v) is 2.87. The van der Waals surface area contributed by atoms with Gasteiger partial charge in [0.1, 0.15) is 5.75 Å². The van der Waals surface area contributed by atoms with Crippen molar-refractivity contribution >= 4 is 5.91 Å². The first-order valence-corrected chi connectivity index (χ1v) is 7.18. The first-order chi connectivity index (χ1) is 9.08. The Morgan fingerprint density at radius 2 is 2.00 bits per heavy atom. The van der Waals surface area contributed by atoms with E-state index in [1.54, 1.807) is 12.1 Å².